The zero-order valence-electron chi connectivity index (χ0n) is 24.1. The summed E-state index contributed by atoms with van der Waals surface area (Å²) >= 11 is 0. The summed E-state index contributed by atoms with van der Waals surface area (Å²) in [6.07, 6.45) is 2.68. The molecule has 1 N–H and O–H groups in total. The van der Waals surface area contributed by atoms with E-state index < -0.39 is 35.5 Å². The molecule has 1 aliphatic heterocycles. The summed E-state index contributed by atoms with van der Waals surface area (Å²) in [4.78, 5) is 26.6. The molecule has 0 aromatic heterocycles. The van der Waals surface area contributed by atoms with Crippen LogP contribution in [0, 0.1) is 11.8 Å². The SMILES string of the molecule is COCOC1=CC(O)=C2C=C(C(=O)OC)[C@@H](C(=O)OC)[C@@H]3c4cc(OCOC)c(OCOC)cc4O[C@@]1(OCOC)[C@H]23. The molecule has 4 atom stereocenters. The van der Waals surface area contributed by atoms with Gasteiger partial charge in [0.15, 0.2) is 44.4 Å². The summed E-state index contributed by atoms with van der Waals surface area (Å²) in [6.45, 7) is -0.758. The molecule has 3 aliphatic rings. The first-order valence-corrected chi connectivity index (χ1v) is 12.7. The van der Waals surface area contributed by atoms with Crippen LogP contribution in [-0.2, 0) is 47.5 Å². The van der Waals surface area contributed by atoms with Crippen molar-refractivity contribution >= 4 is 11.9 Å². The van der Waals surface area contributed by atoms with Crippen molar-refractivity contribution in [3.63, 3.8) is 0 Å². The quantitative estimate of drug-likeness (QED) is 0.247. The lowest BCUT2D eigenvalue weighted by molar-refractivity contribution is -0.261. The molecule has 0 bridgehead atoms. The first-order chi connectivity index (χ1) is 20.3. The molecule has 14 nitrogen and oxygen atoms in total. The molecule has 1 aromatic carbocycles. The average Bonchev–Trinajstić information content (AvgIpc) is 3.01. The number of aliphatic hydroxyl groups excluding tert-OH is 1. The molecule has 14 heteroatoms. The van der Waals surface area contributed by atoms with E-state index in [2.05, 4.69) is 0 Å². The van der Waals surface area contributed by atoms with Gasteiger partial charge in [0.25, 0.3) is 5.79 Å². The standard InChI is InChI=1S/C28H34O14/c1-32-11-38-20-8-16-19(10-21(20)39-12-33-2)42-28(41-14-35-4)22(40-13-34-3)9-18(29)15-7-17(26(30)36-5)24(27(31)37-6)23(16)25(15)28/h7-10,23-25,29H,11-14H2,1-6H3/t23-,24+,25+,28+/m0/s1. The molecule has 0 amide bonds. The Balaban J connectivity index is 2.07. The fourth-order valence-electron chi connectivity index (χ4n) is 5.38. The third-order valence-corrected chi connectivity index (χ3v) is 6.98. The van der Waals surface area contributed by atoms with E-state index >= 15 is 0 Å². The second-order valence-corrected chi connectivity index (χ2v) is 9.25. The molecule has 0 spiro atoms. The zero-order valence-corrected chi connectivity index (χ0v) is 24.1. The highest BCUT2D eigenvalue weighted by molar-refractivity contribution is 5.97. The number of rotatable bonds is 14. The van der Waals surface area contributed by atoms with Crippen molar-refractivity contribution in [2.75, 3.05) is 69.8 Å². The fraction of sp³-hybridized carbons (Fsp3) is 0.500. The van der Waals surface area contributed by atoms with Crippen LogP contribution in [0.4, 0.5) is 0 Å². The van der Waals surface area contributed by atoms with Crippen LogP contribution in [0.1, 0.15) is 11.5 Å². The summed E-state index contributed by atoms with van der Waals surface area (Å²) < 4.78 is 60.9. The third-order valence-electron chi connectivity index (χ3n) is 6.98. The second-order valence-electron chi connectivity index (χ2n) is 9.25. The van der Waals surface area contributed by atoms with Crippen molar-refractivity contribution < 1.29 is 66.8 Å². The molecule has 4 rings (SSSR count). The molecular weight excluding hydrogens is 560 g/mol. The highest BCUT2D eigenvalue weighted by atomic mass is 16.8. The van der Waals surface area contributed by atoms with Crippen LogP contribution in [0.3, 0.4) is 0 Å². The molecular formula is C28H34O14. The number of carbonyl (C=O) groups excluding carboxylic acids is 2. The van der Waals surface area contributed by atoms with Crippen LogP contribution in [0.15, 0.2) is 46.9 Å². The van der Waals surface area contributed by atoms with E-state index in [0.717, 1.165) is 0 Å². The molecule has 0 saturated heterocycles. The van der Waals surface area contributed by atoms with Gasteiger partial charge in [-0.15, -0.1) is 0 Å². The van der Waals surface area contributed by atoms with E-state index in [4.69, 9.17) is 52.1 Å². The zero-order chi connectivity index (χ0) is 30.4. The monoisotopic (exact) mass is 594 g/mol. The van der Waals surface area contributed by atoms with Crippen molar-refractivity contribution in [3.8, 4) is 17.2 Å². The van der Waals surface area contributed by atoms with Crippen molar-refractivity contribution in [1.29, 1.82) is 0 Å². The predicted octanol–water partition coefficient (Wildman–Crippen LogP) is 2.29. The lowest BCUT2D eigenvalue weighted by Crippen LogP contribution is -2.59. The summed E-state index contributed by atoms with van der Waals surface area (Å²) in [5.41, 5.74) is 0.594. The van der Waals surface area contributed by atoms with Gasteiger partial charge in [0.05, 0.1) is 31.6 Å². The highest BCUT2D eigenvalue weighted by Crippen LogP contribution is 2.61. The average molecular weight is 595 g/mol. The van der Waals surface area contributed by atoms with Crippen molar-refractivity contribution in [3.05, 3.63) is 52.5 Å². The Bertz CT molecular complexity index is 1270. The first kappa shape index (κ1) is 31.1. The third kappa shape index (κ3) is 5.51. The van der Waals surface area contributed by atoms with Gasteiger partial charge in [-0.25, -0.2) is 4.79 Å². The molecule has 1 heterocycles. The summed E-state index contributed by atoms with van der Waals surface area (Å²) in [5, 5.41) is 11.2. The molecule has 0 fully saturated rings. The number of benzene rings is 1. The van der Waals surface area contributed by atoms with Crippen LogP contribution in [0.2, 0.25) is 0 Å². The molecule has 230 valence electrons. The summed E-state index contributed by atoms with van der Waals surface area (Å²) in [6, 6.07) is 3.13. The number of esters is 2. The summed E-state index contributed by atoms with van der Waals surface area (Å²) in [5.74, 6) is -6.08. The fourth-order valence-corrected chi connectivity index (χ4v) is 5.38. The number of hydrogen-bond acceptors (Lipinski definition) is 14. The van der Waals surface area contributed by atoms with Gasteiger partial charge in [-0.05, 0) is 12.1 Å². The first-order valence-electron chi connectivity index (χ1n) is 12.7. The minimum absolute atomic E-state index is 0.0286. The van der Waals surface area contributed by atoms with Crippen LogP contribution in [-0.4, -0.2) is 92.7 Å². The number of fused-ring (bicyclic) bond motifs is 2. The van der Waals surface area contributed by atoms with Gasteiger partial charge in [0, 0.05) is 57.6 Å². The summed E-state index contributed by atoms with van der Waals surface area (Å²) in [7, 11) is 8.15. The van der Waals surface area contributed by atoms with E-state index in [-0.39, 0.29) is 67.1 Å². The molecule has 2 aliphatic carbocycles. The van der Waals surface area contributed by atoms with Crippen LogP contribution >= 0.6 is 0 Å². The number of aliphatic hydroxyl groups is 1. The maximum absolute atomic E-state index is 13.5. The smallest absolute Gasteiger partial charge is 0.334 e. The second kappa shape index (κ2) is 13.4. The van der Waals surface area contributed by atoms with Gasteiger partial charge in [-0.1, -0.05) is 0 Å². The maximum atomic E-state index is 13.5. The van der Waals surface area contributed by atoms with E-state index in [9.17, 15) is 14.7 Å². The predicted molar refractivity (Wildman–Crippen MR) is 140 cm³/mol. The Morgan fingerprint density at radius 1 is 0.833 bits per heavy atom. The Labute approximate surface area is 242 Å². The lowest BCUT2D eigenvalue weighted by atomic mass is 9.60. The number of ether oxygens (including phenoxy) is 11. The Hall–Kier alpha value is -3.82. The topological polar surface area (TPSA) is 156 Å². The Morgan fingerprint density at radius 3 is 2.05 bits per heavy atom. The maximum Gasteiger partial charge on any atom is 0.334 e. The Morgan fingerprint density at radius 2 is 1.45 bits per heavy atom. The number of hydrogen-bond donors (Lipinski definition) is 1. The van der Waals surface area contributed by atoms with Gasteiger partial charge < -0.3 is 57.2 Å². The van der Waals surface area contributed by atoms with Gasteiger partial charge >= 0.3 is 11.9 Å². The highest BCUT2D eigenvalue weighted by Gasteiger charge is 2.64. The Kier molecular flexibility index (Phi) is 9.96. The molecule has 42 heavy (non-hydrogen) atoms. The number of carbonyl (C=O) groups is 2. The molecule has 0 radical (unpaired) electrons. The minimum Gasteiger partial charge on any atom is -0.508 e. The van der Waals surface area contributed by atoms with E-state index in [1.807, 2.05) is 0 Å². The van der Waals surface area contributed by atoms with Crippen LogP contribution < -0.4 is 14.2 Å². The molecule has 1 aromatic rings. The van der Waals surface area contributed by atoms with E-state index in [1.54, 1.807) is 6.07 Å². The van der Waals surface area contributed by atoms with Crippen molar-refractivity contribution in [2.24, 2.45) is 11.8 Å². The van der Waals surface area contributed by atoms with Crippen LogP contribution in [0.25, 0.3) is 0 Å². The van der Waals surface area contributed by atoms with Gasteiger partial charge in [-0.3, -0.25) is 4.79 Å². The van der Waals surface area contributed by atoms with Crippen molar-refractivity contribution in [1.82, 2.24) is 0 Å². The van der Waals surface area contributed by atoms with Gasteiger partial charge in [0.1, 0.15) is 11.5 Å². The normalized spacial score (nSPS) is 23.9. The minimum atomic E-state index is -1.81. The van der Waals surface area contributed by atoms with Gasteiger partial charge in [-0.2, -0.15) is 0 Å². The number of allylic oxidation sites excluding steroid dienone is 2. The van der Waals surface area contributed by atoms with E-state index in [0.29, 0.717) is 5.56 Å². The molecule has 0 saturated carbocycles. The lowest BCUT2D eigenvalue weighted by Gasteiger charge is -2.52. The van der Waals surface area contributed by atoms with E-state index in [1.165, 1.54) is 60.9 Å². The number of methoxy groups -OCH3 is 6. The molecule has 0 unspecified atom stereocenters. The van der Waals surface area contributed by atoms with Gasteiger partial charge in [0.2, 0.25) is 0 Å². The largest absolute Gasteiger partial charge is 0.508 e. The van der Waals surface area contributed by atoms with Crippen molar-refractivity contribution in [2.45, 2.75) is 11.7 Å². The van der Waals surface area contributed by atoms with Crippen LogP contribution in [0.5, 0.6) is 17.2 Å².